The van der Waals surface area contributed by atoms with Crippen molar-refractivity contribution in [3.8, 4) is 0 Å². The van der Waals surface area contributed by atoms with Crippen molar-refractivity contribution in [3.05, 3.63) is 109 Å². The Bertz CT molecular complexity index is 1820. The van der Waals surface area contributed by atoms with Gasteiger partial charge in [-0.1, -0.05) is 220 Å². The maximum absolute atomic E-state index is 13.2. The van der Waals surface area contributed by atoms with E-state index in [0.29, 0.717) is 19.3 Å². The van der Waals surface area contributed by atoms with Crippen molar-refractivity contribution >= 4 is 23.9 Å². The van der Waals surface area contributed by atoms with Crippen LogP contribution in [0.3, 0.4) is 0 Å². The largest absolute Gasteiger partial charge is 0.479 e. The number of esters is 3. The first-order valence-corrected chi connectivity index (χ1v) is 31.9. The number of carbonyl (C=O) groups excluding carboxylic acids is 3. The molecule has 0 aromatic carbocycles. The van der Waals surface area contributed by atoms with Crippen molar-refractivity contribution in [3.63, 3.8) is 0 Å². The highest BCUT2D eigenvalue weighted by molar-refractivity contribution is 5.74. The van der Waals surface area contributed by atoms with E-state index >= 15 is 0 Å². The molecule has 0 saturated carbocycles. The molecule has 6 atom stereocenters. The van der Waals surface area contributed by atoms with Crippen LogP contribution in [0.15, 0.2) is 109 Å². The number of aliphatic hydroxyl groups excluding tert-OH is 2. The Balaban J connectivity index is 2.69. The van der Waals surface area contributed by atoms with Crippen molar-refractivity contribution in [1.82, 2.24) is 0 Å². The number of hydrogen-bond donors (Lipinski definition) is 3. The molecule has 1 aliphatic heterocycles. The van der Waals surface area contributed by atoms with Gasteiger partial charge in [-0.15, -0.1) is 0 Å². The van der Waals surface area contributed by atoms with Gasteiger partial charge in [0.2, 0.25) is 0 Å². The second kappa shape index (κ2) is 55.9. The number of carboxylic acids is 1. The topological polar surface area (TPSA) is 175 Å². The van der Waals surface area contributed by atoms with Crippen LogP contribution in [0, 0.1) is 0 Å². The van der Waals surface area contributed by atoms with Gasteiger partial charge in [0.25, 0.3) is 0 Å². The van der Waals surface area contributed by atoms with Gasteiger partial charge in [0.05, 0.1) is 6.61 Å². The lowest BCUT2D eigenvalue weighted by Crippen LogP contribution is -2.61. The number of aliphatic carboxylic acids is 1. The number of allylic oxidation sites excluding steroid dienone is 18. The molecule has 0 bridgehead atoms. The van der Waals surface area contributed by atoms with Crippen molar-refractivity contribution < 1.29 is 58.2 Å². The van der Waals surface area contributed by atoms with Gasteiger partial charge >= 0.3 is 23.9 Å². The molecule has 12 nitrogen and oxygen atoms in total. The predicted octanol–water partition coefficient (Wildman–Crippen LogP) is 17.0. The van der Waals surface area contributed by atoms with Crippen LogP contribution in [0.2, 0.25) is 0 Å². The maximum atomic E-state index is 13.2. The van der Waals surface area contributed by atoms with Crippen molar-refractivity contribution in [1.29, 1.82) is 0 Å². The average molecular weight is 1130 g/mol. The van der Waals surface area contributed by atoms with Gasteiger partial charge < -0.3 is 39.0 Å². The summed E-state index contributed by atoms with van der Waals surface area (Å²) in [4.78, 5) is 51.3. The van der Waals surface area contributed by atoms with Gasteiger partial charge in [-0.25, -0.2) is 4.79 Å². The summed E-state index contributed by atoms with van der Waals surface area (Å²) >= 11 is 0. The minimum Gasteiger partial charge on any atom is -0.479 e. The Kier molecular flexibility index (Phi) is 51.3. The third-order valence-electron chi connectivity index (χ3n) is 13.8. The number of ether oxygens (including phenoxy) is 5. The minimum absolute atomic E-state index is 0.0251. The highest BCUT2D eigenvalue weighted by atomic mass is 16.7. The number of unbranched alkanes of at least 4 members (excludes halogenated alkanes) is 21. The number of aliphatic hydroxyl groups is 2. The molecular weight excluding hydrogens is 1020 g/mol. The Morgan fingerprint density at radius 1 is 0.420 bits per heavy atom. The first kappa shape index (κ1) is 74.4. The fourth-order valence-electron chi connectivity index (χ4n) is 8.99. The highest BCUT2D eigenvalue weighted by Gasteiger charge is 2.50. The van der Waals surface area contributed by atoms with E-state index in [1.165, 1.54) is 57.8 Å². The van der Waals surface area contributed by atoms with Crippen LogP contribution in [-0.4, -0.2) is 89.2 Å². The first-order valence-electron chi connectivity index (χ1n) is 31.9. The van der Waals surface area contributed by atoms with Crippen LogP contribution < -0.4 is 0 Å². The van der Waals surface area contributed by atoms with Gasteiger partial charge in [-0.05, 0) is 122 Å². The number of hydrogen-bond acceptors (Lipinski definition) is 11. The Morgan fingerprint density at radius 3 is 1.19 bits per heavy atom. The number of rotatable bonds is 53. The third kappa shape index (κ3) is 45.6. The molecule has 1 aliphatic rings. The summed E-state index contributed by atoms with van der Waals surface area (Å²) in [6, 6.07) is 0. The van der Waals surface area contributed by atoms with E-state index in [9.17, 15) is 34.5 Å². The van der Waals surface area contributed by atoms with E-state index in [-0.39, 0.29) is 25.9 Å². The predicted molar refractivity (Wildman–Crippen MR) is 330 cm³/mol. The number of carboxylic acid groups (broad SMARTS) is 1. The van der Waals surface area contributed by atoms with Crippen LogP contribution in [0.4, 0.5) is 0 Å². The standard InChI is InChI=1S/C69H112O12/c1-4-7-10-13-16-19-22-25-28-30-31-33-35-37-40-43-46-49-52-55-61(70)77-58-60(79-62(71)56-53-50-47-44-41-38-34-27-24-21-18-15-12-9-6-3)59-78-69-67(65(74)64(73)66(81-69)68(75)76)80-63(72)57-54-51-48-45-42-39-36-32-29-26-23-20-17-14-11-8-5-2/h8-9,11-12,16-21,25-29,34,36,39,60,64-67,69,73-74H,4-7,10,13-15,22-24,30-33,35,37-38,40-59H2,1-3H3,(H,75,76)/b11-8-,12-9-,19-16-,20-17-,21-18-,28-25-,29-26-,34-27-,39-36-. The smallest absolute Gasteiger partial charge is 0.335 e. The van der Waals surface area contributed by atoms with Crippen molar-refractivity contribution in [2.45, 2.75) is 289 Å². The van der Waals surface area contributed by atoms with Gasteiger partial charge in [0, 0.05) is 19.3 Å². The molecule has 0 spiro atoms. The van der Waals surface area contributed by atoms with E-state index in [4.69, 9.17) is 23.7 Å². The lowest BCUT2D eigenvalue weighted by atomic mass is 9.98. The fourth-order valence-corrected chi connectivity index (χ4v) is 8.99. The molecule has 12 heteroatoms. The van der Waals surface area contributed by atoms with Crippen LogP contribution in [0.5, 0.6) is 0 Å². The normalized spacial score (nSPS) is 18.5. The molecule has 0 aliphatic carbocycles. The molecule has 460 valence electrons. The van der Waals surface area contributed by atoms with E-state index in [2.05, 4.69) is 130 Å². The van der Waals surface area contributed by atoms with E-state index < -0.39 is 67.3 Å². The van der Waals surface area contributed by atoms with Crippen molar-refractivity contribution in [2.24, 2.45) is 0 Å². The molecular formula is C69H112O12. The molecule has 0 aromatic rings. The Hall–Kier alpha value is -4.62. The first-order chi connectivity index (χ1) is 39.6. The number of carbonyl (C=O) groups is 4. The van der Waals surface area contributed by atoms with E-state index in [1.807, 2.05) is 0 Å². The summed E-state index contributed by atoms with van der Waals surface area (Å²) in [6.07, 6.45) is 63.3. The van der Waals surface area contributed by atoms with Crippen LogP contribution in [0.1, 0.15) is 252 Å². The van der Waals surface area contributed by atoms with E-state index in [0.717, 1.165) is 135 Å². The summed E-state index contributed by atoms with van der Waals surface area (Å²) in [5.41, 5.74) is 0. The zero-order valence-electron chi connectivity index (χ0n) is 50.7. The molecule has 81 heavy (non-hydrogen) atoms. The summed E-state index contributed by atoms with van der Waals surface area (Å²) in [5, 5.41) is 31.6. The molecule has 1 saturated heterocycles. The second-order valence-corrected chi connectivity index (χ2v) is 21.3. The molecule has 1 fully saturated rings. The van der Waals surface area contributed by atoms with Crippen LogP contribution in [0.25, 0.3) is 0 Å². The quantitative estimate of drug-likeness (QED) is 0.0228. The highest BCUT2D eigenvalue weighted by Crippen LogP contribution is 2.26. The maximum Gasteiger partial charge on any atom is 0.335 e. The van der Waals surface area contributed by atoms with Crippen molar-refractivity contribution in [2.75, 3.05) is 13.2 Å². The van der Waals surface area contributed by atoms with Gasteiger partial charge in [-0.3, -0.25) is 14.4 Å². The van der Waals surface area contributed by atoms with Crippen LogP contribution in [-0.2, 0) is 42.9 Å². The molecule has 1 heterocycles. The molecule has 0 radical (unpaired) electrons. The molecule has 0 amide bonds. The van der Waals surface area contributed by atoms with Gasteiger partial charge in [-0.2, -0.15) is 0 Å². The summed E-state index contributed by atoms with van der Waals surface area (Å²) in [5.74, 6) is -3.18. The zero-order chi connectivity index (χ0) is 58.9. The lowest BCUT2D eigenvalue weighted by Gasteiger charge is -2.40. The van der Waals surface area contributed by atoms with Crippen LogP contribution >= 0.6 is 0 Å². The monoisotopic (exact) mass is 1130 g/mol. The fraction of sp³-hybridized carbons (Fsp3) is 0.681. The SMILES string of the molecule is CC/C=C\C/C=C\C/C=C\C/C=C\CCCCCCC(=O)OC1C(OCC(COC(=O)CCCCCCCCCCC/C=C\C/C=C\CCCCC)OC(=O)CCCCCCC/C=C\C/C=C\C/C=C\CC)OC(C(=O)O)C(O)C1O. The molecule has 3 N–H and O–H groups in total. The summed E-state index contributed by atoms with van der Waals surface area (Å²) in [7, 11) is 0. The molecule has 1 rings (SSSR count). The molecule has 6 unspecified atom stereocenters. The summed E-state index contributed by atoms with van der Waals surface area (Å²) in [6.45, 7) is 5.73. The Labute approximate surface area is 491 Å². The van der Waals surface area contributed by atoms with Gasteiger partial charge in [0.15, 0.2) is 24.6 Å². The lowest BCUT2D eigenvalue weighted by molar-refractivity contribution is -0.301. The Morgan fingerprint density at radius 2 is 0.778 bits per heavy atom. The second-order valence-electron chi connectivity index (χ2n) is 21.3. The minimum atomic E-state index is -1.92. The molecule has 0 aromatic heterocycles. The third-order valence-corrected chi connectivity index (χ3v) is 13.8. The summed E-state index contributed by atoms with van der Waals surface area (Å²) < 4.78 is 28.5. The zero-order valence-corrected chi connectivity index (χ0v) is 50.7. The van der Waals surface area contributed by atoms with Gasteiger partial charge in [0.1, 0.15) is 18.8 Å². The van der Waals surface area contributed by atoms with E-state index in [1.54, 1.807) is 0 Å². The average Bonchev–Trinajstić information content (AvgIpc) is 3.53.